The Kier molecular flexibility index (Phi) is 3.74. The zero-order valence-electron chi connectivity index (χ0n) is 11.1. The molecule has 0 aliphatic carbocycles. The minimum Gasteiger partial charge on any atom is -0.496 e. The first-order chi connectivity index (χ1) is 9.54. The molecular weight excluding hydrogens is 260 g/mol. The number of aromatic amines is 1. The molecular formula is C14H14N2O4. The summed E-state index contributed by atoms with van der Waals surface area (Å²) in [5.74, 6) is -1.10. The SMILES string of the molecule is COc1ccccc1C(=O)Nc1c[nH]c(C)c1C(=O)O. The molecule has 104 valence electrons. The molecule has 1 amide bonds. The van der Waals surface area contributed by atoms with Crippen molar-refractivity contribution in [2.75, 3.05) is 12.4 Å². The zero-order chi connectivity index (χ0) is 14.7. The van der Waals surface area contributed by atoms with Crippen LogP contribution < -0.4 is 10.1 Å². The summed E-state index contributed by atoms with van der Waals surface area (Å²) in [6, 6.07) is 6.72. The van der Waals surface area contributed by atoms with Gasteiger partial charge in [-0.05, 0) is 19.1 Å². The van der Waals surface area contributed by atoms with Gasteiger partial charge in [0.05, 0.1) is 18.4 Å². The molecule has 3 N–H and O–H groups in total. The van der Waals surface area contributed by atoms with Crippen LogP contribution in [0.4, 0.5) is 5.69 Å². The maximum absolute atomic E-state index is 12.2. The fraction of sp³-hybridized carbons (Fsp3) is 0.143. The summed E-state index contributed by atoms with van der Waals surface area (Å²) >= 11 is 0. The Bertz CT molecular complexity index is 661. The van der Waals surface area contributed by atoms with E-state index in [-0.39, 0.29) is 11.3 Å². The van der Waals surface area contributed by atoms with Crippen molar-refractivity contribution in [1.82, 2.24) is 4.98 Å². The summed E-state index contributed by atoms with van der Waals surface area (Å²) in [7, 11) is 1.47. The number of benzene rings is 1. The predicted molar refractivity (Wildman–Crippen MR) is 73.4 cm³/mol. The molecule has 1 heterocycles. The van der Waals surface area contributed by atoms with E-state index >= 15 is 0 Å². The molecule has 0 bridgehead atoms. The molecule has 20 heavy (non-hydrogen) atoms. The van der Waals surface area contributed by atoms with E-state index in [1.165, 1.54) is 13.3 Å². The number of hydrogen-bond donors (Lipinski definition) is 3. The largest absolute Gasteiger partial charge is 0.496 e. The minimum atomic E-state index is -1.10. The standard InChI is InChI=1S/C14H14N2O4/c1-8-12(14(18)19)10(7-15-8)16-13(17)9-5-3-4-6-11(9)20-2/h3-7,15H,1-2H3,(H,16,17)(H,18,19). The molecule has 1 aromatic heterocycles. The van der Waals surface area contributed by atoms with Crippen molar-refractivity contribution in [2.45, 2.75) is 6.92 Å². The van der Waals surface area contributed by atoms with Gasteiger partial charge in [-0.25, -0.2) is 4.79 Å². The number of carboxylic acid groups (broad SMARTS) is 1. The van der Waals surface area contributed by atoms with Crippen LogP contribution in [0.2, 0.25) is 0 Å². The summed E-state index contributed by atoms with van der Waals surface area (Å²) in [5, 5.41) is 11.7. The molecule has 0 atom stereocenters. The van der Waals surface area contributed by atoms with Crippen molar-refractivity contribution in [2.24, 2.45) is 0 Å². The fourth-order valence-electron chi connectivity index (χ4n) is 1.92. The second-order valence-electron chi connectivity index (χ2n) is 4.16. The molecule has 0 unspecified atom stereocenters. The lowest BCUT2D eigenvalue weighted by molar-refractivity contribution is 0.0697. The molecule has 0 radical (unpaired) electrons. The van der Waals surface area contributed by atoms with E-state index in [4.69, 9.17) is 9.84 Å². The van der Waals surface area contributed by atoms with Crippen molar-refractivity contribution >= 4 is 17.6 Å². The predicted octanol–water partition coefficient (Wildman–Crippen LogP) is 2.28. The average molecular weight is 274 g/mol. The van der Waals surface area contributed by atoms with Gasteiger partial charge in [-0.2, -0.15) is 0 Å². The number of carbonyl (C=O) groups excluding carboxylic acids is 1. The van der Waals surface area contributed by atoms with E-state index in [2.05, 4.69) is 10.3 Å². The highest BCUT2D eigenvalue weighted by Gasteiger charge is 2.19. The molecule has 1 aromatic carbocycles. The Morgan fingerprint density at radius 2 is 2.00 bits per heavy atom. The molecule has 6 nitrogen and oxygen atoms in total. The third-order valence-corrected chi connectivity index (χ3v) is 2.89. The van der Waals surface area contributed by atoms with Crippen LogP contribution in [0.15, 0.2) is 30.5 Å². The van der Waals surface area contributed by atoms with Crippen LogP contribution in [0.25, 0.3) is 0 Å². The molecule has 0 aliphatic rings. The summed E-state index contributed by atoms with van der Waals surface area (Å²) in [5.41, 5.74) is 1.09. The second-order valence-corrected chi connectivity index (χ2v) is 4.16. The smallest absolute Gasteiger partial charge is 0.339 e. The molecule has 2 aromatic rings. The highest BCUT2D eigenvalue weighted by atomic mass is 16.5. The number of carboxylic acids is 1. The lowest BCUT2D eigenvalue weighted by atomic mass is 10.1. The third-order valence-electron chi connectivity index (χ3n) is 2.89. The lowest BCUT2D eigenvalue weighted by Gasteiger charge is -2.08. The van der Waals surface area contributed by atoms with Gasteiger partial charge in [0.1, 0.15) is 11.3 Å². The highest BCUT2D eigenvalue weighted by molar-refractivity contribution is 6.09. The van der Waals surface area contributed by atoms with Crippen LogP contribution in [0, 0.1) is 6.92 Å². The summed E-state index contributed by atoms with van der Waals surface area (Å²) in [6.45, 7) is 1.63. The molecule has 6 heteroatoms. The van der Waals surface area contributed by atoms with Gasteiger partial charge < -0.3 is 20.1 Å². The number of aromatic nitrogens is 1. The first kappa shape index (κ1) is 13.7. The van der Waals surface area contributed by atoms with Crippen LogP contribution >= 0.6 is 0 Å². The number of hydrogen-bond acceptors (Lipinski definition) is 3. The molecule has 0 spiro atoms. The van der Waals surface area contributed by atoms with Crippen molar-refractivity contribution < 1.29 is 19.4 Å². The fourth-order valence-corrected chi connectivity index (χ4v) is 1.92. The normalized spacial score (nSPS) is 10.1. The first-order valence-corrected chi connectivity index (χ1v) is 5.90. The minimum absolute atomic E-state index is 0.0493. The van der Waals surface area contributed by atoms with Crippen molar-refractivity contribution in [3.63, 3.8) is 0 Å². The monoisotopic (exact) mass is 274 g/mol. The van der Waals surface area contributed by atoms with Crippen LogP contribution in [0.3, 0.4) is 0 Å². The van der Waals surface area contributed by atoms with Crippen LogP contribution in [-0.2, 0) is 0 Å². The number of rotatable bonds is 4. The number of anilines is 1. The van der Waals surface area contributed by atoms with Gasteiger partial charge in [0.25, 0.3) is 5.91 Å². The lowest BCUT2D eigenvalue weighted by Crippen LogP contribution is -2.15. The van der Waals surface area contributed by atoms with Gasteiger partial charge in [-0.1, -0.05) is 12.1 Å². The number of methoxy groups -OCH3 is 1. The number of ether oxygens (including phenoxy) is 1. The van der Waals surface area contributed by atoms with Gasteiger partial charge in [0.15, 0.2) is 0 Å². The third kappa shape index (κ3) is 2.49. The molecule has 2 rings (SSSR count). The second kappa shape index (κ2) is 5.48. The van der Waals surface area contributed by atoms with E-state index in [0.29, 0.717) is 17.0 Å². The number of aryl methyl sites for hydroxylation is 1. The molecule has 0 saturated carbocycles. The van der Waals surface area contributed by atoms with Crippen LogP contribution in [0.1, 0.15) is 26.4 Å². The van der Waals surface area contributed by atoms with Gasteiger partial charge in [0, 0.05) is 11.9 Å². The Morgan fingerprint density at radius 1 is 1.30 bits per heavy atom. The Morgan fingerprint density at radius 3 is 2.65 bits per heavy atom. The summed E-state index contributed by atoms with van der Waals surface area (Å²) in [4.78, 5) is 26.1. The van der Waals surface area contributed by atoms with Crippen molar-refractivity contribution in [3.8, 4) is 5.75 Å². The van der Waals surface area contributed by atoms with Gasteiger partial charge in [0.2, 0.25) is 0 Å². The molecule has 0 saturated heterocycles. The summed E-state index contributed by atoms with van der Waals surface area (Å²) < 4.78 is 5.10. The van der Waals surface area contributed by atoms with E-state index in [1.807, 2.05) is 0 Å². The number of carbonyl (C=O) groups is 2. The zero-order valence-corrected chi connectivity index (χ0v) is 11.1. The maximum atomic E-state index is 12.2. The van der Waals surface area contributed by atoms with Crippen molar-refractivity contribution in [1.29, 1.82) is 0 Å². The number of aromatic carboxylic acids is 1. The topological polar surface area (TPSA) is 91.4 Å². The van der Waals surface area contributed by atoms with E-state index in [0.717, 1.165) is 0 Å². The maximum Gasteiger partial charge on any atom is 0.339 e. The molecule has 0 aliphatic heterocycles. The number of amides is 1. The quantitative estimate of drug-likeness (QED) is 0.797. The average Bonchev–Trinajstić information content (AvgIpc) is 2.79. The van der Waals surface area contributed by atoms with Gasteiger partial charge >= 0.3 is 5.97 Å². The highest BCUT2D eigenvalue weighted by Crippen LogP contribution is 2.22. The van der Waals surface area contributed by atoms with Crippen LogP contribution in [-0.4, -0.2) is 29.1 Å². The van der Waals surface area contributed by atoms with Crippen LogP contribution in [0.5, 0.6) is 5.75 Å². The van der Waals surface area contributed by atoms with E-state index in [9.17, 15) is 9.59 Å². The van der Waals surface area contributed by atoms with Crippen molar-refractivity contribution in [3.05, 3.63) is 47.3 Å². The summed E-state index contributed by atoms with van der Waals surface area (Å²) in [6.07, 6.45) is 1.45. The molecule has 0 fully saturated rings. The number of para-hydroxylation sites is 1. The Balaban J connectivity index is 2.31. The van der Waals surface area contributed by atoms with Gasteiger partial charge in [-0.3, -0.25) is 4.79 Å². The van der Waals surface area contributed by atoms with Gasteiger partial charge in [-0.15, -0.1) is 0 Å². The number of H-pyrrole nitrogens is 1. The van der Waals surface area contributed by atoms with E-state index in [1.54, 1.807) is 31.2 Å². The number of nitrogens with one attached hydrogen (secondary N) is 2. The Labute approximate surface area is 115 Å². The Hall–Kier alpha value is -2.76. The van der Waals surface area contributed by atoms with E-state index < -0.39 is 11.9 Å². The first-order valence-electron chi connectivity index (χ1n) is 5.90.